The van der Waals surface area contributed by atoms with Crippen molar-refractivity contribution in [2.24, 2.45) is 5.92 Å². The van der Waals surface area contributed by atoms with Crippen LogP contribution in [0.3, 0.4) is 0 Å². The van der Waals surface area contributed by atoms with Crippen molar-refractivity contribution in [1.82, 2.24) is 19.8 Å². The highest BCUT2D eigenvalue weighted by Gasteiger charge is 2.39. The highest BCUT2D eigenvalue weighted by molar-refractivity contribution is 5.93. The molecule has 6 nitrogen and oxygen atoms in total. The predicted octanol–water partition coefficient (Wildman–Crippen LogP) is 1.91. The van der Waals surface area contributed by atoms with Gasteiger partial charge in [0.05, 0.1) is 11.7 Å². The van der Waals surface area contributed by atoms with Gasteiger partial charge in [-0.1, -0.05) is 12.2 Å². The lowest BCUT2D eigenvalue weighted by Gasteiger charge is -2.29. The Hall–Kier alpha value is -2.11. The minimum Gasteiger partial charge on any atom is -0.349 e. The van der Waals surface area contributed by atoms with Gasteiger partial charge in [-0.25, -0.2) is 4.98 Å². The molecule has 4 rings (SSSR count). The largest absolute Gasteiger partial charge is 0.349 e. The number of fused-ring (bicyclic) bond motifs is 1. The van der Waals surface area contributed by atoms with Crippen LogP contribution in [0.15, 0.2) is 18.3 Å². The fraction of sp³-hybridized carbons (Fsp3) is 0.632. The molecule has 0 bridgehead atoms. The minimum atomic E-state index is -0.332. The molecule has 0 saturated carbocycles. The monoisotopic (exact) mass is 342 g/mol. The molecular weight excluding hydrogens is 316 g/mol. The van der Waals surface area contributed by atoms with E-state index in [2.05, 4.69) is 29.4 Å². The summed E-state index contributed by atoms with van der Waals surface area (Å²) in [6, 6.07) is 0. The highest BCUT2D eigenvalue weighted by Crippen LogP contribution is 2.26. The minimum absolute atomic E-state index is 0.0409. The third kappa shape index (κ3) is 3.10. The standard InChI is InChI=1S/C19H26N4O2/c1-19(21-17(24)14-6-3-2-4-7-14)9-11-22(13-19)18(25)15-12-20-16-8-5-10-23(15)16/h2-3,12,14H,4-11,13H2,1H3,(H,21,24). The zero-order valence-corrected chi connectivity index (χ0v) is 14.8. The number of hydrogen-bond acceptors (Lipinski definition) is 3. The molecule has 1 aromatic heterocycles. The molecular formula is C19H26N4O2. The predicted molar refractivity (Wildman–Crippen MR) is 94.1 cm³/mol. The van der Waals surface area contributed by atoms with Crippen LogP contribution < -0.4 is 5.32 Å². The van der Waals surface area contributed by atoms with E-state index in [1.165, 1.54) is 0 Å². The molecule has 25 heavy (non-hydrogen) atoms. The fourth-order valence-electron chi connectivity index (χ4n) is 4.26. The Morgan fingerprint density at radius 1 is 1.32 bits per heavy atom. The first-order valence-corrected chi connectivity index (χ1v) is 9.36. The molecule has 0 spiro atoms. The van der Waals surface area contributed by atoms with Crippen molar-refractivity contribution < 1.29 is 9.59 Å². The second-order valence-corrected chi connectivity index (χ2v) is 7.82. The first-order valence-electron chi connectivity index (χ1n) is 9.36. The van der Waals surface area contributed by atoms with E-state index >= 15 is 0 Å². The number of nitrogens with one attached hydrogen (secondary N) is 1. The number of nitrogens with zero attached hydrogens (tertiary/aromatic N) is 3. The summed E-state index contributed by atoms with van der Waals surface area (Å²) in [5, 5.41) is 3.22. The Morgan fingerprint density at radius 3 is 3.00 bits per heavy atom. The van der Waals surface area contributed by atoms with E-state index < -0.39 is 0 Å². The van der Waals surface area contributed by atoms with Crippen molar-refractivity contribution in [3.8, 4) is 0 Å². The quantitative estimate of drug-likeness (QED) is 0.853. The van der Waals surface area contributed by atoms with Crippen LogP contribution >= 0.6 is 0 Å². The summed E-state index contributed by atoms with van der Waals surface area (Å²) in [7, 11) is 0. The summed E-state index contributed by atoms with van der Waals surface area (Å²) in [6.07, 6.45) is 11.5. The fourth-order valence-corrected chi connectivity index (χ4v) is 4.26. The van der Waals surface area contributed by atoms with Crippen molar-refractivity contribution in [3.63, 3.8) is 0 Å². The van der Waals surface area contributed by atoms with Crippen LogP contribution in [0.2, 0.25) is 0 Å². The maximum absolute atomic E-state index is 12.9. The first kappa shape index (κ1) is 16.4. The van der Waals surface area contributed by atoms with E-state index in [1.54, 1.807) is 6.20 Å². The molecule has 1 saturated heterocycles. The van der Waals surface area contributed by atoms with Crippen LogP contribution in [0.1, 0.15) is 55.3 Å². The molecule has 134 valence electrons. The number of aromatic nitrogens is 2. The number of allylic oxidation sites excluding steroid dienone is 2. The molecule has 1 aliphatic carbocycles. The summed E-state index contributed by atoms with van der Waals surface area (Å²) >= 11 is 0. The summed E-state index contributed by atoms with van der Waals surface area (Å²) in [5.74, 6) is 1.26. The number of amides is 2. The van der Waals surface area contributed by atoms with Gasteiger partial charge in [0.2, 0.25) is 5.91 Å². The molecule has 2 unspecified atom stereocenters. The molecule has 3 heterocycles. The van der Waals surface area contributed by atoms with E-state index in [0.717, 1.165) is 50.9 Å². The van der Waals surface area contributed by atoms with Gasteiger partial charge in [0.25, 0.3) is 5.91 Å². The number of aryl methyl sites for hydroxylation is 1. The van der Waals surface area contributed by atoms with E-state index in [-0.39, 0.29) is 23.3 Å². The van der Waals surface area contributed by atoms with E-state index in [1.807, 2.05) is 9.47 Å². The van der Waals surface area contributed by atoms with E-state index in [4.69, 9.17) is 0 Å². The molecule has 0 radical (unpaired) electrons. The zero-order valence-electron chi connectivity index (χ0n) is 14.8. The average Bonchev–Trinajstić information content (AvgIpc) is 3.30. The number of carbonyl (C=O) groups excluding carboxylic acids is 2. The second-order valence-electron chi connectivity index (χ2n) is 7.82. The maximum atomic E-state index is 12.9. The third-order valence-electron chi connectivity index (χ3n) is 5.76. The lowest BCUT2D eigenvalue weighted by atomic mass is 9.92. The Balaban J connectivity index is 1.40. The summed E-state index contributed by atoms with van der Waals surface area (Å²) < 4.78 is 2.05. The van der Waals surface area contributed by atoms with Gasteiger partial charge >= 0.3 is 0 Å². The summed E-state index contributed by atoms with van der Waals surface area (Å²) in [6.45, 7) is 4.19. The number of rotatable bonds is 3. The second kappa shape index (κ2) is 6.32. The summed E-state index contributed by atoms with van der Waals surface area (Å²) in [4.78, 5) is 31.7. The number of hydrogen-bond donors (Lipinski definition) is 1. The average molecular weight is 342 g/mol. The number of imidazole rings is 1. The van der Waals surface area contributed by atoms with Crippen LogP contribution in [-0.4, -0.2) is 44.9 Å². The molecule has 1 aromatic rings. The SMILES string of the molecule is CC1(NC(=O)C2CC=CCC2)CCN(C(=O)c2cnc3n2CCC3)C1. The van der Waals surface area contributed by atoms with Crippen molar-refractivity contribution in [2.75, 3.05) is 13.1 Å². The molecule has 2 aliphatic heterocycles. The van der Waals surface area contributed by atoms with Gasteiger partial charge in [0, 0.05) is 32.0 Å². The summed E-state index contributed by atoms with van der Waals surface area (Å²) in [5.41, 5.74) is 0.363. The lowest BCUT2D eigenvalue weighted by Crippen LogP contribution is -2.50. The van der Waals surface area contributed by atoms with Crippen molar-refractivity contribution in [3.05, 3.63) is 29.9 Å². The van der Waals surface area contributed by atoms with E-state index in [9.17, 15) is 9.59 Å². The van der Waals surface area contributed by atoms with Gasteiger partial charge in [-0.15, -0.1) is 0 Å². The topological polar surface area (TPSA) is 67.2 Å². The highest BCUT2D eigenvalue weighted by atomic mass is 16.2. The van der Waals surface area contributed by atoms with Crippen LogP contribution in [0.25, 0.3) is 0 Å². The van der Waals surface area contributed by atoms with Crippen molar-refractivity contribution in [1.29, 1.82) is 0 Å². The van der Waals surface area contributed by atoms with Gasteiger partial charge < -0.3 is 14.8 Å². The molecule has 2 amide bonds. The molecule has 1 fully saturated rings. The lowest BCUT2D eigenvalue weighted by molar-refractivity contribution is -0.126. The smallest absolute Gasteiger partial charge is 0.272 e. The number of likely N-dealkylation sites (tertiary alicyclic amines) is 1. The van der Waals surface area contributed by atoms with Gasteiger partial charge in [0.15, 0.2) is 0 Å². The van der Waals surface area contributed by atoms with Crippen LogP contribution in [-0.2, 0) is 17.8 Å². The Labute approximate surface area is 148 Å². The Bertz CT molecular complexity index is 723. The molecule has 2 atom stereocenters. The van der Waals surface area contributed by atoms with Gasteiger partial charge in [-0.3, -0.25) is 9.59 Å². The van der Waals surface area contributed by atoms with Gasteiger partial charge in [-0.2, -0.15) is 0 Å². The van der Waals surface area contributed by atoms with Crippen LogP contribution in [0.5, 0.6) is 0 Å². The Morgan fingerprint density at radius 2 is 2.20 bits per heavy atom. The van der Waals surface area contributed by atoms with Crippen LogP contribution in [0.4, 0.5) is 0 Å². The third-order valence-corrected chi connectivity index (χ3v) is 5.76. The normalized spacial score (nSPS) is 28.2. The van der Waals surface area contributed by atoms with Gasteiger partial charge in [-0.05, 0) is 39.0 Å². The molecule has 1 N–H and O–H groups in total. The van der Waals surface area contributed by atoms with E-state index in [0.29, 0.717) is 18.8 Å². The van der Waals surface area contributed by atoms with Gasteiger partial charge in [0.1, 0.15) is 11.5 Å². The zero-order chi connectivity index (χ0) is 17.4. The maximum Gasteiger partial charge on any atom is 0.272 e. The van der Waals surface area contributed by atoms with Crippen molar-refractivity contribution >= 4 is 11.8 Å². The first-order chi connectivity index (χ1) is 12.1. The number of carbonyl (C=O) groups is 2. The van der Waals surface area contributed by atoms with Crippen molar-refractivity contribution in [2.45, 2.75) is 57.5 Å². The molecule has 0 aromatic carbocycles. The Kier molecular flexibility index (Phi) is 4.13. The molecule has 6 heteroatoms. The van der Waals surface area contributed by atoms with Crippen LogP contribution in [0, 0.1) is 5.92 Å². The molecule has 3 aliphatic rings.